The van der Waals surface area contributed by atoms with Crippen molar-refractivity contribution in [1.82, 2.24) is 9.88 Å². The molecule has 0 radical (unpaired) electrons. The number of aliphatic hydroxyl groups is 1. The zero-order valence-corrected chi connectivity index (χ0v) is 20.7. The first-order valence-corrected chi connectivity index (χ1v) is 12.8. The van der Waals surface area contributed by atoms with Crippen molar-refractivity contribution < 1.29 is 36.9 Å². The molecule has 0 aliphatic carbocycles. The van der Waals surface area contributed by atoms with Crippen molar-refractivity contribution in [3.63, 3.8) is 0 Å². The number of carbonyl (C=O) groups excluding carboxylic acids is 1. The molecule has 2 aromatic rings. The Balaban J connectivity index is 1.71. The number of methoxy groups -OCH3 is 1. The Bertz CT molecular complexity index is 1140. The Hall–Kier alpha value is -3.12. The van der Waals surface area contributed by atoms with Gasteiger partial charge in [0.05, 0.1) is 36.2 Å². The van der Waals surface area contributed by atoms with Crippen molar-refractivity contribution in [1.29, 1.82) is 0 Å². The second-order valence-corrected chi connectivity index (χ2v) is 10.3. The van der Waals surface area contributed by atoms with E-state index in [4.69, 9.17) is 19.3 Å². The lowest BCUT2D eigenvalue weighted by Gasteiger charge is -2.32. The van der Waals surface area contributed by atoms with Gasteiger partial charge in [-0.1, -0.05) is 0 Å². The maximum atomic E-state index is 14.7. The number of aliphatic hydroxyl groups excluding tert-OH is 1. The maximum Gasteiger partial charge on any atom is 0.410 e. The zero-order chi connectivity index (χ0) is 25.6. The van der Waals surface area contributed by atoms with E-state index < -0.39 is 28.0 Å². The molecule has 192 valence electrons. The van der Waals surface area contributed by atoms with Gasteiger partial charge in [-0.05, 0) is 32.0 Å². The number of hydrogen-bond donors (Lipinski definition) is 2. The minimum atomic E-state index is -3.78. The lowest BCUT2D eigenvalue weighted by Crippen LogP contribution is -2.42. The summed E-state index contributed by atoms with van der Waals surface area (Å²) in [6.07, 6.45) is 1.97. The van der Waals surface area contributed by atoms with Gasteiger partial charge >= 0.3 is 6.09 Å². The normalized spacial score (nSPS) is 14.6. The van der Waals surface area contributed by atoms with Crippen LogP contribution in [0.15, 0.2) is 35.4 Å². The number of nitrogens with zero attached hydrogens (tertiary/aromatic N) is 2. The van der Waals surface area contributed by atoms with E-state index in [-0.39, 0.29) is 40.5 Å². The van der Waals surface area contributed by atoms with E-state index in [9.17, 15) is 17.6 Å². The average Bonchev–Trinajstić information content (AvgIpc) is 2.80. The molecule has 1 aliphatic rings. The highest BCUT2D eigenvalue weighted by atomic mass is 32.2. The van der Waals surface area contributed by atoms with Crippen molar-refractivity contribution >= 4 is 27.4 Å². The first-order chi connectivity index (χ1) is 16.6. The van der Waals surface area contributed by atoms with E-state index in [1.807, 2.05) is 0 Å². The molecule has 1 aromatic carbocycles. The van der Waals surface area contributed by atoms with Crippen LogP contribution in [-0.4, -0.2) is 74.3 Å². The fourth-order valence-corrected chi connectivity index (χ4v) is 4.61. The summed E-state index contributed by atoms with van der Waals surface area (Å²) < 4.78 is 55.6. The minimum Gasteiger partial charge on any atom is -0.490 e. The van der Waals surface area contributed by atoms with Crippen LogP contribution in [-0.2, 0) is 14.6 Å². The van der Waals surface area contributed by atoms with Crippen LogP contribution in [0.1, 0.15) is 26.7 Å². The van der Waals surface area contributed by atoms with Gasteiger partial charge in [-0.2, -0.15) is 0 Å². The first kappa shape index (κ1) is 26.5. The molecule has 0 saturated carbocycles. The molecule has 3 rings (SSSR count). The Morgan fingerprint density at radius 2 is 2.00 bits per heavy atom. The van der Waals surface area contributed by atoms with E-state index in [0.29, 0.717) is 31.7 Å². The van der Waals surface area contributed by atoms with Crippen LogP contribution in [0.4, 0.5) is 20.7 Å². The second kappa shape index (κ2) is 11.5. The van der Waals surface area contributed by atoms with Gasteiger partial charge in [0, 0.05) is 38.2 Å². The van der Waals surface area contributed by atoms with Crippen LogP contribution in [0.3, 0.4) is 0 Å². The van der Waals surface area contributed by atoms with Gasteiger partial charge in [-0.3, -0.25) is 0 Å². The number of rotatable bonds is 9. The number of ether oxygens (including phenoxy) is 3. The largest absolute Gasteiger partial charge is 0.490 e. The van der Waals surface area contributed by atoms with Gasteiger partial charge in [-0.15, -0.1) is 0 Å². The zero-order valence-electron chi connectivity index (χ0n) is 19.9. The van der Waals surface area contributed by atoms with Crippen molar-refractivity contribution in [3.8, 4) is 11.5 Å². The Kier molecular flexibility index (Phi) is 8.73. The predicted octanol–water partition coefficient (Wildman–Crippen LogP) is 3.13. The molecular weight excluding hydrogens is 481 g/mol. The summed E-state index contributed by atoms with van der Waals surface area (Å²) in [4.78, 5) is 17.7. The fourth-order valence-electron chi connectivity index (χ4n) is 3.58. The Morgan fingerprint density at radius 1 is 1.29 bits per heavy atom. The van der Waals surface area contributed by atoms with Crippen molar-refractivity contribution in [2.45, 2.75) is 43.8 Å². The number of carbonyl (C=O) groups is 1. The van der Waals surface area contributed by atoms with E-state index in [1.165, 1.54) is 25.4 Å². The highest BCUT2D eigenvalue weighted by Gasteiger charge is 2.27. The van der Waals surface area contributed by atoms with E-state index in [2.05, 4.69) is 10.3 Å². The monoisotopic (exact) mass is 511 g/mol. The van der Waals surface area contributed by atoms with Crippen molar-refractivity contribution in [2.24, 2.45) is 0 Å². The van der Waals surface area contributed by atoms with Crippen LogP contribution in [0, 0.1) is 5.82 Å². The summed E-state index contributed by atoms with van der Waals surface area (Å²) in [5.41, 5.74) is -0.00660. The number of sulfone groups is 1. The lowest BCUT2D eigenvalue weighted by atomic mass is 10.1. The summed E-state index contributed by atoms with van der Waals surface area (Å²) in [5, 5.41) is 11.7. The van der Waals surface area contributed by atoms with Gasteiger partial charge in [0.2, 0.25) is 5.75 Å². The topological polar surface area (TPSA) is 127 Å². The molecule has 12 heteroatoms. The molecule has 2 N–H and O–H groups in total. The van der Waals surface area contributed by atoms with Gasteiger partial charge in [-0.25, -0.2) is 22.6 Å². The third-order valence-electron chi connectivity index (χ3n) is 5.32. The van der Waals surface area contributed by atoms with Crippen molar-refractivity contribution in [2.75, 3.05) is 37.9 Å². The molecule has 1 amide bonds. The Morgan fingerprint density at radius 3 is 2.60 bits per heavy atom. The Labute approximate surface area is 203 Å². The number of pyridine rings is 1. The third-order valence-corrected chi connectivity index (χ3v) is 7.01. The molecule has 0 bridgehead atoms. The number of nitrogens with one attached hydrogen (secondary N) is 1. The van der Waals surface area contributed by atoms with Crippen molar-refractivity contribution in [3.05, 3.63) is 36.3 Å². The minimum absolute atomic E-state index is 0.00660. The van der Waals surface area contributed by atoms with Gasteiger partial charge in [0.15, 0.2) is 21.4 Å². The number of aromatic nitrogens is 1. The van der Waals surface area contributed by atoms with Crippen LogP contribution >= 0.6 is 0 Å². The SMILES string of the molecule is COc1c(OC2CCN(C(=O)OC(C)C)CC2)ccnc1Nc1ccc(S(=O)(=O)CCO)cc1F. The summed E-state index contributed by atoms with van der Waals surface area (Å²) in [6, 6.07) is 5.05. The molecule has 1 saturated heterocycles. The number of amides is 1. The molecule has 0 atom stereocenters. The number of anilines is 2. The highest BCUT2D eigenvalue weighted by Crippen LogP contribution is 2.37. The van der Waals surface area contributed by atoms with Crippen LogP contribution in [0.25, 0.3) is 0 Å². The predicted molar refractivity (Wildman–Crippen MR) is 126 cm³/mol. The number of piperidine rings is 1. The standard InChI is InChI=1S/C23H30FN3O7S/c1-15(2)33-23(29)27-10-7-16(8-11-27)34-20-6-9-25-22(21(20)32-3)26-19-5-4-17(14-18(19)24)35(30,31)13-12-28/h4-6,9,14-16,28H,7-8,10-13H2,1-3H3,(H,25,26). The van der Waals surface area contributed by atoms with E-state index in [0.717, 1.165) is 6.07 Å². The smallest absolute Gasteiger partial charge is 0.410 e. The van der Waals surface area contributed by atoms with E-state index in [1.54, 1.807) is 24.8 Å². The van der Waals surface area contributed by atoms with Gasteiger partial charge in [0.25, 0.3) is 0 Å². The molecular formula is C23H30FN3O7S. The highest BCUT2D eigenvalue weighted by molar-refractivity contribution is 7.91. The van der Waals surface area contributed by atoms with Crippen LogP contribution < -0.4 is 14.8 Å². The quantitative estimate of drug-likeness (QED) is 0.522. The maximum absolute atomic E-state index is 14.7. The fraction of sp³-hybridized carbons (Fsp3) is 0.478. The summed E-state index contributed by atoms with van der Waals surface area (Å²) in [6.45, 7) is 4.03. The molecule has 2 heterocycles. The molecule has 0 unspecified atom stereocenters. The first-order valence-electron chi connectivity index (χ1n) is 11.2. The number of benzene rings is 1. The summed E-state index contributed by atoms with van der Waals surface area (Å²) in [7, 11) is -2.35. The van der Waals surface area contributed by atoms with Crippen LogP contribution in [0.2, 0.25) is 0 Å². The molecule has 0 spiro atoms. The number of halogens is 1. The van der Waals surface area contributed by atoms with E-state index >= 15 is 0 Å². The number of likely N-dealkylation sites (tertiary alicyclic amines) is 1. The molecule has 1 aliphatic heterocycles. The number of hydrogen-bond acceptors (Lipinski definition) is 9. The molecule has 35 heavy (non-hydrogen) atoms. The average molecular weight is 512 g/mol. The second-order valence-electron chi connectivity index (χ2n) is 8.24. The van der Waals surface area contributed by atoms with Gasteiger partial charge < -0.3 is 29.5 Å². The third kappa shape index (κ3) is 6.73. The molecule has 10 nitrogen and oxygen atoms in total. The van der Waals surface area contributed by atoms with Gasteiger partial charge in [0.1, 0.15) is 11.9 Å². The summed E-state index contributed by atoms with van der Waals surface area (Å²) in [5.74, 6) is -0.458. The molecule has 1 aromatic heterocycles. The lowest BCUT2D eigenvalue weighted by molar-refractivity contribution is 0.0511. The summed E-state index contributed by atoms with van der Waals surface area (Å²) >= 11 is 0. The van der Waals surface area contributed by atoms with Crippen LogP contribution in [0.5, 0.6) is 11.5 Å². The molecule has 1 fully saturated rings.